The van der Waals surface area contributed by atoms with Crippen LogP contribution in [-0.4, -0.2) is 49.5 Å². The molecule has 2 atom stereocenters. The normalized spacial score (nSPS) is 23.1. The Balaban J connectivity index is 2.28. The first-order chi connectivity index (χ1) is 7.63. The van der Waals surface area contributed by atoms with E-state index in [0.29, 0.717) is 13.0 Å². The topological polar surface area (TPSA) is 70.6 Å². The number of aliphatic hydroxyl groups is 1. The third-order valence-electron chi connectivity index (χ3n) is 2.77. The van der Waals surface area contributed by atoms with Crippen molar-refractivity contribution in [1.82, 2.24) is 10.6 Å². The summed E-state index contributed by atoms with van der Waals surface area (Å²) in [4.78, 5) is 11.7. The highest BCUT2D eigenvalue weighted by atomic mass is 16.5. The fourth-order valence-corrected chi connectivity index (χ4v) is 1.65. The van der Waals surface area contributed by atoms with Gasteiger partial charge in [-0.2, -0.15) is 0 Å². The summed E-state index contributed by atoms with van der Waals surface area (Å²) in [6.07, 6.45) is 0.316. The third kappa shape index (κ3) is 4.47. The van der Waals surface area contributed by atoms with Gasteiger partial charge in [0.15, 0.2) is 0 Å². The third-order valence-corrected chi connectivity index (χ3v) is 2.77. The summed E-state index contributed by atoms with van der Waals surface area (Å²) in [6.45, 7) is 6.15. The molecule has 0 aromatic rings. The summed E-state index contributed by atoms with van der Waals surface area (Å²) in [5, 5.41) is 15.1. The van der Waals surface area contributed by atoms with Gasteiger partial charge in [0, 0.05) is 13.1 Å². The molecule has 0 bridgehead atoms. The first kappa shape index (κ1) is 13.4. The predicted molar refractivity (Wildman–Crippen MR) is 61.1 cm³/mol. The number of morpholine rings is 1. The van der Waals surface area contributed by atoms with Crippen LogP contribution < -0.4 is 10.6 Å². The number of amides is 1. The van der Waals surface area contributed by atoms with Gasteiger partial charge in [-0.1, -0.05) is 13.8 Å². The van der Waals surface area contributed by atoms with Crippen LogP contribution in [0, 0.1) is 5.92 Å². The van der Waals surface area contributed by atoms with E-state index in [9.17, 15) is 4.79 Å². The zero-order valence-corrected chi connectivity index (χ0v) is 10.0. The Bertz CT molecular complexity index is 215. The van der Waals surface area contributed by atoms with Gasteiger partial charge in [-0.3, -0.25) is 4.79 Å². The minimum atomic E-state index is -0.163. The Labute approximate surface area is 96.6 Å². The van der Waals surface area contributed by atoms with E-state index in [1.165, 1.54) is 0 Å². The highest BCUT2D eigenvalue weighted by molar-refractivity contribution is 5.76. The summed E-state index contributed by atoms with van der Waals surface area (Å²) in [6, 6.07) is -0.163. The van der Waals surface area contributed by atoms with Crippen LogP contribution in [0.15, 0.2) is 0 Å². The maximum atomic E-state index is 11.7. The van der Waals surface area contributed by atoms with Crippen LogP contribution in [0.4, 0.5) is 0 Å². The van der Waals surface area contributed by atoms with Gasteiger partial charge in [-0.25, -0.2) is 0 Å². The SMILES string of the molecule is CC(C)C(CO)NC(=O)CC1CNCCO1. The first-order valence-corrected chi connectivity index (χ1v) is 5.86. The highest BCUT2D eigenvalue weighted by Gasteiger charge is 2.20. The fourth-order valence-electron chi connectivity index (χ4n) is 1.65. The van der Waals surface area contributed by atoms with E-state index in [2.05, 4.69) is 10.6 Å². The van der Waals surface area contributed by atoms with Crippen molar-refractivity contribution in [2.45, 2.75) is 32.4 Å². The van der Waals surface area contributed by atoms with Crippen LogP contribution in [0.25, 0.3) is 0 Å². The molecule has 0 saturated carbocycles. The Morgan fingerprint density at radius 2 is 2.38 bits per heavy atom. The van der Waals surface area contributed by atoms with E-state index >= 15 is 0 Å². The van der Waals surface area contributed by atoms with Gasteiger partial charge in [0.25, 0.3) is 0 Å². The number of aliphatic hydroxyl groups excluding tert-OH is 1. The average Bonchev–Trinajstić information content (AvgIpc) is 2.27. The Hall–Kier alpha value is -0.650. The molecule has 0 spiro atoms. The van der Waals surface area contributed by atoms with Crippen LogP contribution in [0.3, 0.4) is 0 Å². The average molecular weight is 230 g/mol. The summed E-state index contributed by atoms with van der Waals surface area (Å²) >= 11 is 0. The molecule has 2 unspecified atom stereocenters. The predicted octanol–water partition coefficient (Wildman–Crippen LogP) is -0.502. The molecule has 1 aliphatic rings. The van der Waals surface area contributed by atoms with E-state index in [0.717, 1.165) is 13.1 Å². The van der Waals surface area contributed by atoms with Crippen molar-refractivity contribution in [3.8, 4) is 0 Å². The molecule has 0 aromatic carbocycles. The van der Waals surface area contributed by atoms with Crippen molar-refractivity contribution in [3.63, 3.8) is 0 Å². The molecule has 3 N–H and O–H groups in total. The molecule has 94 valence electrons. The van der Waals surface area contributed by atoms with Gasteiger partial charge in [-0.05, 0) is 5.92 Å². The minimum Gasteiger partial charge on any atom is -0.394 e. The second-order valence-corrected chi connectivity index (χ2v) is 4.50. The number of carbonyl (C=O) groups is 1. The molecular weight excluding hydrogens is 208 g/mol. The van der Waals surface area contributed by atoms with E-state index in [-0.39, 0.29) is 30.6 Å². The van der Waals surface area contributed by atoms with Crippen molar-refractivity contribution in [1.29, 1.82) is 0 Å². The minimum absolute atomic E-state index is 0.0207. The Kier molecular flexibility index (Phi) is 5.73. The van der Waals surface area contributed by atoms with Gasteiger partial charge >= 0.3 is 0 Å². The second-order valence-electron chi connectivity index (χ2n) is 4.50. The lowest BCUT2D eigenvalue weighted by molar-refractivity contribution is -0.125. The zero-order chi connectivity index (χ0) is 12.0. The lowest BCUT2D eigenvalue weighted by Crippen LogP contribution is -2.45. The molecular formula is C11H22N2O3. The number of hydrogen-bond acceptors (Lipinski definition) is 4. The monoisotopic (exact) mass is 230 g/mol. The summed E-state index contributed by atoms with van der Waals surface area (Å²) in [5.41, 5.74) is 0. The second kappa shape index (κ2) is 6.83. The van der Waals surface area contributed by atoms with Crippen molar-refractivity contribution < 1.29 is 14.6 Å². The van der Waals surface area contributed by atoms with Crippen LogP contribution in [0.1, 0.15) is 20.3 Å². The molecule has 16 heavy (non-hydrogen) atoms. The number of hydrogen-bond donors (Lipinski definition) is 3. The molecule has 1 saturated heterocycles. The van der Waals surface area contributed by atoms with Crippen LogP contribution in [-0.2, 0) is 9.53 Å². The molecule has 0 radical (unpaired) electrons. The molecule has 1 fully saturated rings. The maximum Gasteiger partial charge on any atom is 0.222 e. The Morgan fingerprint density at radius 3 is 2.88 bits per heavy atom. The lowest BCUT2D eigenvalue weighted by Gasteiger charge is -2.25. The van der Waals surface area contributed by atoms with Gasteiger partial charge < -0.3 is 20.5 Å². The van der Waals surface area contributed by atoms with E-state index in [1.54, 1.807) is 0 Å². The maximum absolute atomic E-state index is 11.7. The molecule has 0 aliphatic carbocycles. The number of nitrogens with one attached hydrogen (secondary N) is 2. The van der Waals surface area contributed by atoms with Crippen molar-refractivity contribution in [2.24, 2.45) is 5.92 Å². The van der Waals surface area contributed by atoms with Crippen molar-refractivity contribution in [2.75, 3.05) is 26.3 Å². The van der Waals surface area contributed by atoms with Crippen LogP contribution in [0.2, 0.25) is 0 Å². The zero-order valence-electron chi connectivity index (χ0n) is 10.0. The number of ether oxygens (including phenoxy) is 1. The van der Waals surface area contributed by atoms with Crippen molar-refractivity contribution in [3.05, 3.63) is 0 Å². The number of carbonyl (C=O) groups excluding carboxylic acids is 1. The van der Waals surface area contributed by atoms with Gasteiger partial charge in [0.05, 0.1) is 31.8 Å². The smallest absolute Gasteiger partial charge is 0.222 e. The standard InChI is InChI=1S/C11H22N2O3/c1-8(2)10(7-14)13-11(15)5-9-6-12-3-4-16-9/h8-10,12,14H,3-7H2,1-2H3,(H,13,15). The van der Waals surface area contributed by atoms with Gasteiger partial charge in [-0.15, -0.1) is 0 Å². The van der Waals surface area contributed by atoms with E-state index in [1.807, 2.05) is 13.8 Å². The van der Waals surface area contributed by atoms with E-state index < -0.39 is 0 Å². The largest absolute Gasteiger partial charge is 0.394 e. The molecule has 1 amide bonds. The molecule has 1 aliphatic heterocycles. The van der Waals surface area contributed by atoms with Crippen molar-refractivity contribution >= 4 is 5.91 Å². The molecule has 1 rings (SSSR count). The van der Waals surface area contributed by atoms with Crippen LogP contribution >= 0.6 is 0 Å². The van der Waals surface area contributed by atoms with E-state index in [4.69, 9.17) is 9.84 Å². The molecule has 0 aromatic heterocycles. The molecule has 1 heterocycles. The fraction of sp³-hybridized carbons (Fsp3) is 0.909. The van der Waals surface area contributed by atoms with Gasteiger partial charge in [0.1, 0.15) is 0 Å². The number of rotatable bonds is 5. The quantitative estimate of drug-likeness (QED) is 0.595. The summed E-state index contributed by atoms with van der Waals surface area (Å²) < 4.78 is 5.44. The molecule has 5 nitrogen and oxygen atoms in total. The lowest BCUT2D eigenvalue weighted by atomic mass is 10.1. The first-order valence-electron chi connectivity index (χ1n) is 5.86. The van der Waals surface area contributed by atoms with Crippen LogP contribution in [0.5, 0.6) is 0 Å². The molecule has 5 heteroatoms. The Morgan fingerprint density at radius 1 is 1.62 bits per heavy atom. The summed E-state index contributed by atoms with van der Waals surface area (Å²) in [5.74, 6) is 0.181. The highest BCUT2D eigenvalue weighted by Crippen LogP contribution is 2.04. The summed E-state index contributed by atoms with van der Waals surface area (Å²) in [7, 11) is 0. The van der Waals surface area contributed by atoms with Gasteiger partial charge in [0.2, 0.25) is 5.91 Å².